The molecule has 4 rings (SSSR count). The summed E-state index contributed by atoms with van der Waals surface area (Å²) in [4.78, 5) is 26.2. The van der Waals surface area contributed by atoms with Crippen LogP contribution in [-0.2, 0) is 35.5 Å². The van der Waals surface area contributed by atoms with Crippen molar-refractivity contribution in [1.29, 1.82) is 0 Å². The van der Waals surface area contributed by atoms with Crippen molar-refractivity contribution in [2.75, 3.05) is 0 Å². The van der Waals surface area contributed by atoms with E-state index in [4.69, 9.17) is 0 Å². The molecule has 1 amide bonds. The SMILES string of the molecule is CCCCc1nc(C(F)(F)C(F)(F)F)c(CO)n1Cc1ccc(-c2ccccc2S(=O)(=O)NC(=O)c2ccc([N+](=O)[O-])cc2)cc1. The van der Waals surface area contributed by atoms with E-state index in [2.05, 4.69) is 4.98 Å². The number of alkyl halides is 5. The molecule has 244 valence electrons. The number of unbranched alkanes of at least 4 members (excludes halogenated alkanes) is 1. The Balaban J connectivity index is 1.64. The van der Waals surface area contributed by atoms with Gasteiger partial charge in [0.05, 0.1) is 22.1 Å². The average Bonchev–Trinajstić information content (AvgIpc) is 3.37. The smallest absolute Gasteiger partial charge is 0.390 e. The molecule has 10 nitrogen and oxygen atoms in total. The lowest BCUT2D eigenvalue weighted by Crippen LogP contribution is -2.35. The number of nitrogens with zero attached hydrogens (tertiary/aromatic N) is 3. The van der Waals surface area contributed by atoms with Crippen LogP contribution in [0.15, 0.2) is 77.7 Å². The first kappa shape index (κ1) is 34.2. The number of halogens is 5. The van der Waals surface area contributed by atoms with Gasteiger partial charge in [0.15, 0.2) is 0 Å². The van der Waals surface area contributed by atoms with E-state index in [0.717, 1.165) is 28.8 Å². The predicted molar refractivity (Wildman–Crippen MR) is 155 cm³/mol. The van der Waals surface area contributed by atoms with Gasteiger partial charge in [-0.1, -0.05) is 55.8 Å². The summed E-state index contributed by atoms with van der Waals surface area (Å²) >= 11 is 0. The number of non-ortho nitro benzene ring substituents is 1. The van der Waals surface area contributed by atoms with E-state index in [1.807, 2.05) is 11.6 Å². The van der Waals surface area contributed by atoms with Crippen LogP contribution < -0.4 is 4.72 Å². The molecule has 0 aliphatic heterocycles. The minimum atomic E-state index is -5.92. The molecule has 1 heterocycles. The molecule has 0 atom stereocenters. The number of rotatable bonds is 12. The maximum Gasteiger partial charge on any atom is 0.459 e. The molecule has 0 aliphatic rings. The number of carbonyl (C=O) groups excluding carboxylic acids is 1. The minimum Gasteiger partial charge on any atom is -0.390 e. The highest BCUT2D eigenvalue weighted by atomic mass is 32.2. The van der Waals surface area contributed by atoms with Crippen LogP contribution in [0, 0.1) is 10.1 Å². The van der Waals surface area contributed by atoms with Crippen molar-refractivity contribution >= 4 is 21.6 Å². The number of nitro groups is 1. The van der Waals surface area contributed by atoms with Crippen LogP contribution in [0.5, 0.6) is 0 Å². The number of hydrogen-bond acceptors (Lipinski definition) is 7. The van der Waals surface area contributed by atoms with Crippen LogP contribution in [-0.4, -0.2) is 40.1 Å². The number of nitro benzene ring substituents is 1. The zero-order valence-corrected chi connectivity index (χ0v) is 24.9. The summed E-state index contributed by atoms with van der Waals surface area (Å²) in [6.07, 6.45) is -4.78. The Bertz CT molecular complexity index is 1840. The number of hydrogen-bond donors (Lipinski definition) is 2. The summed E-state index contributed by atoms with van der Waals surface area (Å²) in [5.41, 5.74) is -1.65. The van der Waals surface area contributed by atoms with E-state index in [0.29, 0.717) is 24.0 Å². The molecule has 46 heavy (non-hydrogen) atoms. The zero-order valence-electron chi connectivity index (χ0n) is 24.1. The van der Waals surface area contributed by atoms with Crippen molar-refractivity contribution in [3.05, 3.63) is 111 Å². The molecule has 0 radical (unpaired) electrons. The van der Waals surface area contributed by atoms with E-state index in [9.17, 15) is 50.4 Å². The van der Waals surface area contributed by atoms with Crippen LogP contribution in [0.2, 0.25) is 0 Å². The summed E-state index contributed by atoms with van der Waals surface area (Å²) in [5.74, 6) is -6.35. The molecule has 2 N–H and O–H groups in total. The van der Waals surface area contributed by atoms with Gasteiger partial charge >= 0.3 is 12.1 Å². The second-order valence-corrected chi connectivity index (χ2v) is 11.8. The van der Waals surface area contributed by atoms with Gasteiger partial charge in [-0.15, -0.1) is 0 Å². The van der Waals surface area contributed by atoms with Crippen molar-refractivity contribution in [1.82, 2.24) is 14.3 Å². The van der Waals surface area contributed by atoms with Crippen LogP contribution >= 0.6 is 0 Å². The van der Waals surface area contributed by atoms with Gasteiger partial charge in [-0.25, -0.2) is 18.1 Å². The number of carbonyl (C=O) groups is 1. The van der Waals surface area contributed by atoms with Crippen molar-refractivity contribution in [2.24, 2.45) is 0 Å². The molecule has 4 aromatic rings. The number of amides is 1. The van der Waals surface area contributed by atoms with Crippen molar-refractivity contribution < 1.29 is 45.2 Å². The maximum absolute atomic E-state index is 14.3. The number of aliphatic hydroxyl groups is 1. The Morgan fingerprint density at radius 2 is 1.63 bits per heavy atom. The lowest BCUT2D eigenvalue weighted by atomic mass is 10.0. The Morgan fingerprint density at radius 3 is 2.20 bits per heavy atom. The fourth-order valence-electron chi connectivity index (χ4n) is 4.68. The molecule has 16 heteroatoms. The monoisotopic (exact) mass is 666 g/mol. The lowest BCUT2D eigenvalue weighted by molar-refractivity contribution is -0.384. The Morgan fingerprint density at radius 1 is 1.00 bits per heavy atom. The highest BCUT2D eigenvalue weighted by Gasteiger charge is 2.61. The average molecular weight is 667 g/mol. The number of nitrogens with one attached hydrogen (secondary N) is 1. The lowest BCUT2D eigenvalue weighted by Gasteiger charge is -2.19. The van der Waals surface area contributed by atoms with Crippen molar-refractivity contribution in [3.63, 3.8) is 0 Å². The van der Waals surface area contributed by atoms with Gasteiger partial charge < -0.3 is 9.67 Å². The first-order valence-corrected chi connectivity index (χ1v) is 15.2. The molecule has 0 saturated heterocycles. The molecule has 0 bridgehead atoms. The predicted octanol–water partition coefficient (Wildman–Crippen LogP) is 6.11. The maximum atomic E-state index is 14.3. The van der Waals surface area contributed by atoms with Crippen LogP contribution in [0.25, 0.3) is 11.1 Å². The van der Waals surface area contributed by atoms with Gasteiger partial charge in [0.25, 0.3) is 21.6 Å². The van der Waals surface area contributed by atoms with Gasteiger partial charge in [-0.3, -0.25) is 14.9 Å². The normalized spacial score (nSPS) is 12.2. The number of aromatic nitrogens is 2. The topological polar surface area (TPSA) is 144 Å². The van der Waals surface area contributed by atoms with Gasteiger partial charge in [-0.05, 0) is 35.7 Å². The number of aryl methyl sites for hydroxylation is 1. The van der Waals surface area contributed by atoms with E-state index in [1.54, 1.807) is 6.07 Å². The molecule has 0 fully saturated rings. The van der Waals surface area contributed by atoms with Crippen LogP contribution in [0.4, 0.5) is 27.6 Å². The molecule has 0 spiro atoms. The van der Waals surface area contributed by atoms with Gasteiger partial charge in [-0.2, -0.15) is 22.0 Å². The standard InChI is InChI=1S/C30H27F5N4O6S/c1-2-3-8-26-36-27(29(31,32)30(33,34)35)24(18-40)38(26)17-19-9-11-20(12-10-19)23-6-4-5-7-25(23)46(44,45)37-28(41)21-13-15-22(16-14-21)39(42)43/h4-7,9-16,40H,2-3,8,17-18H2,1H3,(H,37,41). The molecule has 0 unspecified atom stereocenters. The largest absolute Gasteiger partial charge is 0.459 e. The highest BCUT2D eigenvalue weighted by molar-refractivity contribution is 7.90. The number of aliphatic hydroxyl groups excluding tert-OH is 1. The molecular formula is C30H27F5N4O6S. The number of sulfonamides is 1. The van der Waals surface area contributed by atoms with E-state index in [-0.39, 0.29) is 40.5 Å². The van der Waals surface area contributed by atoms with Crippen molar-refractivity contribution in [3.8, 4) is 11.1 Å². The van der Waals surface area contributed by atoms with Crippen molar-refractivity contribution in [2.45, 2.75) is 56.3 Å². The summed E-state index contributed by atoms with van der Waals surface area (Å²) in [6, 6.07) is 16.1. The summed E-state index contributed by atoms with van der Waals surface area (Å²) in [5, 5.41) is 20.7. The summed E-state index contributed by atoms with van der Waals surface area (Å²) in [6.45, 7) is 0.486. The number of benzene rings is 3. The van der Waals surface area contributed by atoms with E-state index < -0.39 is 50.9 Å². The van der Waals surface area contributed by atoms with Crippen LogP contribution in [0.3, 0.4) is 0 Å². The van der Waals surface area contributed by atoms with Crippen LogP contribution in [0.1, 0.15) is 52.9 Å². The quantitative estimate of drug-likeness (QED) is 0.105. The fraction of sp³-hybridized carbons (Fsp3) is 0.267. The molecule has 1 aromatic heterocycles. The molecule has 3 aromatic carbocycles. The molecular weight excluding hydrogens is 639 g/mol. The van der Waals surface area contributed by atoms with E-state index in [1.165, 1.54) is 42.5 Å². The second kappa shape index (κ2) is 13.3. The highest BCUT2D eigenvalue weighted by Crippen LogP contribution is 2.45. The third-order valence-corrected chi connectivity index (χ3v) is 8.45. The Labute approximate surface area is 259 Å². The Kier molecular flexibility index (Phi) is 9.91. The zero-order chi connectivity index (χ0) is 33.9. The first-order chi connectivity index (χ1) is 21.6. The van der Waals surface area contributed by atoms with E-state index >= 15 is 0 Å². The summed E-state index contributed by atoms with van der Waals surface area (Å²) in [7, 11) is -4.45. The van der Waals surface area contributed by atoms with Gasteiger partial charge in [0, 0.05) is 36.2 Å². The molecule has 0 aliphatic carbocycles. The summed E-state index contributed by atoms with van der Waals surface area (Å²) < 4.78 is 97.8. The minimum absolute atomic E-state index is 0.0471. The number of imidazole rings is 1. The molecule has 0 saturated carbocycles. The van der Waals surface area contributed by atoms with Gasteiger partial charge in [0.1, 0.15) is 11.5 Å². The van der Waals surface area contributed by atoms with Gasteiger partial charge in [0.2, 0.25) is 0 Å². The Hall–Kier alpha value is -4.70. The second-order valence-electron chi connectivity index (χ2n) is 10.2. The third-order valence-electron chi connectivity index (χ3n) is 7.06. The fourth-order valence-corrected chi connectivity index (χ4v) is 5.88. The first-order valence-electron chi connectivity index (χ1n) is 13.7. The third kappa shape index (κ3) is 7.07.